The molecular weight excluding hydrogens is 434 g/mol. The highest BCUT2D eigenvalue weighted by molar-refractivity contribution is 5.94. The van der Waals surface area contributed by atoms with Crippen LogP contribution in [0.1, 0.15) is 22.8 Å². The minimum absolute atomic E-state index is 0.0305. The van der Waals surface area contributed by atoms with Crippen LogP contribution in [0.25, 0.3) is 22.3 Å². The predicted octanol–water partition coefficient (Wildman–Crippen LogP) is 4.96. The molecule has 0 aliphatic heterocycles. The monoisotopic (exact) mass is 457 g/mol. The highest BCUT2D eigenvalue weighted by Crippen LogP contribution is 2.31. The van der Waals surface area contributed by atoms with E-state index in [-0.39, 0.29) is 23.5 Å². The average molecular weight is 457 g/mol. The number of amides is 1. The number of aryl methyl sites for hydroxylation is 1. The molecule has 0 aliphatic carbocycles. The number of esters is 1. The van der Waals surface area contributed by atoms with Gasteiger partial charge in [-0.3, -0.25) is 9.59 Å². The van der Waals surface area contributed by atoms with Crippen molar-refractivity contribution in [2.45, 2.75) is 13.8 Å². The molecule has 0 radical (unpaired) electrons. The summed E-state index contributed by atoms with van der Waals surface area (Å²) in [5.74, 6) is -0.673. The zero-order chi connectivity index (χ0) is 24.1. The lowest BCUT2D eigenvalue weighted by Crippen LogP contribution is -2.22. The second-order valence-corrected chi connectivity index (χ2v) is 7.59. The predicted molar refractivity (Wildman–Crippen MR) is 129 cm³/mol. The molecule has 7 heteroatoms. The molecule has 4 rings (SSSR count). The first kappa shape index (κ1) is 22.8. The van der Waals surface area contributed by atoms with Crippen molar-refractivity contribution < 1.29 is 23.5 Å². The molecule has 1 aromatic heterocycles. The standard InChI is InChI=1S/C27H23NO6/c1-3-32-27(31)19-10-12-20(13-11-19)28-23(29)16-33-26-24(30)21-15-17(2)9-14-22(21)34-25(26)18-7-5-4-6-8-18/h4-15H,3,16H2,1-2H3,(H,28,29). The summed E-state index contributed by atoms with van der Waals surface area (Å²) in [5, 5.41) is 3.07. The van der Waals surface area contributed by atoms with Gasteiger partial charge in [0.25, 0.3) is 5.91 Å². The van der Waals surface area contributed by atoms with E-state index in [1.165, 1.54) is 0 Å². The number of carbonyl (C=O) groups excluding carboxylic acids is 2. The van der Waals surface area contributed by atoms with Crippen LogP contribution in [0.5, 0.6) is 5.75 Å². The minimum atomic E-state index is -0.466. The van der Waals surface area contributed by atoms with Crippen LogP contribution in [-0.4, -0.2) is 25.1 Å². The van der Waals surface area contributed by atoms with E-state index in [0.29, 0.717) is 27.8 Å². The maximum Gasteiger partial charge on any atom is 0.338 e. The normalized spacial score (nSPS) is 10.6. The number of fused-ring (bicyclic) bond motifs is 1. The molecule has 1 N–H and O–H groups in total. The van der Waals surface area contributed by atoms with Crippen molar-refractivity contribution in [1.82, 2.24) is 0 Å². The largest absolute Gasteiger partial charge is 0.476 e. The molecule has 172 valence electrons. The van der Waals surface area contributed by atoms with Crippen molar-refractivity contribution in [2.75, 3.05) is 18.5 Å². The summed E-state index contributed by atoms with van der Waals surface area (Å²) >= 11 is 0. The third kappa shape index (κ3) is 4.99. The van der Waals surface area contributed by atoms with Crippen molar-refractivity contribution in [2.24, 2.45) is 0 Å². The van der Waals surface area contributed by atoms with Crippen LogP contribution < -0.4 is 15.5 Å². The topological polar surface area (TPSA) is 94.8 Å². The van der Waals surface area contributed by atoms with E-state index in [1.807, 2.05) is 31.2 Å². The number of rotatable bonds is 7. The van der Waals surface area contributed by atoms with Gasteiger partial charge in [0.1, 0.15) is 5.58 Å². The molecule has 0 spiro atoms. The summed E-state index contributed by atoms with van der Waals surface area (Å²) in [6, 6.07) is 20.7. The molecule has 0 aliphatic rings. The minimum Gasteiger partial charge on any atom is -0.476 e. The number of anilines is 1. The zero-order valence-electron chi connectivity index (χ0n) is 18.8. The molecule has 1 amide bonds. The fourth-order valence-electron chi connectivity index (χ4n) is 3.44. The Morgan fingerprint density at radius 1 is 0.971 bits per heavy atom. The molecule has 0 saturated carbocycles. The number of hydrogen-bond donors (Lipinski definition) is 1. The van der Waals surface area contributed by atoms with Gasteiger partial charge < -0.3 is 19.2 Å². The second-order valence-electron chi connectivity index (χ2n) is 7.59. The third-order valence-corrected chi connectivity index (χ3v) is 5.07. The number of hydrogen-bond acceptors (Lipinski definition) is 6. The van der Waals surface area contributed by atoms with Gasteiger partial charge in [-0.2, -0.15) is 0 Å². The van der Waals surface area contributed by atoms with Crippen molar-refractivity contribution in [3.05, 3.63) is 94.1 Å². The molecule has 0 fully saturated rings. The molecule has 3 aromatic carbocycles. The lowest BCUT2D eigenvalue weighted by Gasteiger charge is -2.12. The van der Waals surface area contributed by atoms with Gasteiger partial charge in [-0.15, -0.1) is 0 Å². The van der Waals surface area contributed by atoms with Crippen LogP contribution >= 0.6 is 0 Å². The zero-order valence-corrected chi connectivity index (χ0v) is 18.8. The van der Waals surface area contributed by atoms with E-state index in [9.17, 15) is 14.4 Å². The maximum absolute atomic E-state index is 13.2. The Hall–Kier alpha value is -4.39. The van der Waals surface area contributed by atoms with E-state index in [4.69, 9.17) is 13.9 Å². The molecule has 0 unspecified atom stereocenters. The fraction of sp³-hybridized carbons (Fsp3) is 0.148. The third-order valence-electron chi connectivity index (χ3n) is 5.07. The summed E-state index contributed by atoms with van der Waals surface area (Å²) in [4.78, 5) is 37.5. The fourth-order valence-corrected chi connectivity index (χ4v) is 3.44. The van der Waals surface area contributed by atoms with Crippen LogP contribution in [0.15, 0.2) is 82.0 Å². The van der Waals surface area contributed by atoms with Crippen LogP contribution in [0, 0.1) is 6.92 Å². The molecule has 0 atom stereocenters. The molecule has 4 aromatic rings. The number of nitrogens with one attached hydrogen (secondary N) is 1. The summed E-state index contributed by atoms with van der Waals surface area (Å²) in [6.07, 6.45) is 0. The van der Waals surface area contributed by atoms with Crippen LogP contribution in [-0.2, 0) is 9.53 Å². The molecule has 34 heavy (non-hydrogen) atoms. The van der Waals surface area contributed by atoms with Gasteiger partial charge in [0.2, 0.25) is 11.2 Å². The Morgan fingerprint density at radius 3 is 2.41 bits per heavy atom. The van der Waals surface area contributed by atoms with Crippen molar-refractivity contribution in [3.8, 4) is 17.1 Å². The SMILES string of the molecule is CCOC(=O)c1ccc(NC(=O)COc2c(-c3ccccc3)oc3ccc(C)cc3c2=O)cc1. The first-order valence-electron chi connectivity index (χ1n) is 10.8. The Bertz CT molecular complexity index is 1390. The lowest BCUT2D eigenvalue weighted by atomic mass is 10.1. The smallest absolute Gasteiger partial charge is 0.338 e. The molecule has 7 nitrogen and oxygen atoms in total. The Kier molecular flexibility index (Phi) is 6.73. The first-order chi connectivity index (χ1) is 16.5. The van der Waals surface area contributed by atoms with Gasteiger partial charge in [-0.1, -0.05) is 42.0 Å². The van der Waals surface area contributed by atoms with E-state index in [2.05, 4.69) is 5.32 Å². The van der Waals surface area contributed by atoms with Crippen molar-refractivity contribution >= 4 is 28.5 Å². The van der Waals surface area contributed by atoms with E-state index >= 15 is 0 Å². The van der Waals surface area contributed by atoms with Crippen molar-refractivity contribution in [3.63, 3.8) is 0 Å². The quantitative estimate of drug-likeness (QED) is 0.394. The van der Waals surface area contributed by atoms with E-state index in [1.54, 1.807) is 55.5 Å². The van der Waals surface area contributed by atoms with Gasteiger partial charge >= 0.3 is 5.97 Å². The van der Waals surface area contributed by atoms with Gasteiger partial charge in [0, 0.05) is 11.3 Å². The Labute approximate surface area is 195 Å². The van der Waals surface area contributed by atoms with Gasteiger partial charge in [-0.05, 0) is 50.2 Å². The maximum atomic E-state index is 13.2. The molecule has 0 saturated heterocycles. The lowest BCUT2D eigenvalue weighted by molar-refractivity contribution is -0.118. The summed E-state index contributed by atoms with van der Waals surface area (Å²) in [6.45, 7) is 3.49. The van der Waals surface area contributed by atoms with Gasteiger partial charge in [0.15, 0.2) is 12.4 Å². The Balaban J connectivity index is 1.56. The van der Waals surface area contributed by atoms with Crippen molar-refractivity contribution in [1.29, 1.82) is 0 Å². The highest BCUT2D eigenvalue weighted by atomic mass is 16.5. The van der Waals surface area contributed by atoms with Gasteiger partial charge in [0.05, 0.1) is 17.6 Å². The van der Waals surface area contributed by atoms with E-state index < -0.39 is 18.5 Å². The number of carbonyl (C=O) groups is 2. The summed E-state index contributed by atoms with van der Waals surface area (Å²) in [7, 11) is 0. The van der Waals surface area contributed by atoms with Crippen LogP contribution in [0.4, 0.5) is 5.69 Å². The number of benzene rings is 3. The summed E-state index contributed by atoms with van der Waals surface area (Å²) < 4.78 is 16.7. The van der Waals surface area contributed by atoms with Crippen LogP contribution in [0.3, 0.4) is 0 Å². The molecule has 1 heterocycles. The van der Waals surface area contributed by atoms with E-state index in [0.717, 1.165) is 5.56 Å². The highest BCUT2D eigenvalue weighted by Gasteiger charge is 2.19. The van der Waals surface area contributed by atoms with Crippen LogP contribution in [0.2, 0.25) is 0 Å². The molecular formula is C27H23NO6. The van der Waals surface area contributed by atoms with Gasteiger partial charge in [-0.25, -0.2) is 4.79 Å². The average Bonchev–Trinajstić information content (AvgIpc) is 2.85. The Morgan fingerprint density at radius 2 is 1.71 bits per heavy atom. The first-order valence-corrected chi connectivity index (χ1v) is 10.8. The summed E-state index contributed by atoms with van der Waals surface area (Å²) in [5.41, 5.74) is 2.51. The number of ether oxygens (including phenoxy) is 2. The molecule has 0 bridgehead atoms. The second kappa shape index (κ2) is 10.0.